The predicted molar refractivity (Wildman–Crippen MR) is 66.4 cm³/mol. The van der Waals surface area contributed by atoms with Crippen LogP contribution < -0.4 is 5.32 Å². The minimum absolute atomic E-state index is 0.346. The molecule has 0 amide bonds. The maximum Gasteiger partial charge on any atom is 0.226 e. The Labute approximate surface area is 107 Å². The summed E-state index contributed by atoms with van der Waals surface area (Å²) in [4.78, 5) is 4.50. The third-order valence-corrected chi connectivity index (χ3v) is 3.94. The lowest BCUT2D eigenvalue weighted by Gasteiger charge is -2.21. The van der Waals surface area contributed by atoms with Crippen LogP contribution in [0.4, 0.5) is 0 Å². The van der Waals surface area contributed by atoms with Gasteiger partial charge in [-0.2, -0.15) is 4.98 Å². The van der Waals surface area contributed by atoms with Crippen molar-refractivity contribution in [2.45, 2.75) is 38.0 Å². The molecule has 0 saturated carbocycles. The van der Waals surface area contributed by atoms with Crippen molar-refractivity contribution in [1.82, 2.24) is 15.5 Å². The predicted octanol–water partition coefficient (Wildman–Crippen LogP) is 1.51. The first-order valence-corrected chi connectivity index (χ1v) is 7.03. The molecule has 2 aliphatic rings. The smallest absolute Gasteiger partial charge is 0.226 e. The van der Waals surface area contributed by atoms with Crippen molar-refractivity contribution in [2.24, 2.45) is 5.92 Å². The van der Waals surface area contributed by atoms with E-state index in [0.29, 0.717) is 5.92 Å². The van der Waals surface area contributed by atoms with E-state index >= 15 is 0 Å². The molecule has 2 unspecified atom stereocenters. The maximum absolute atomic E-state index is 5.35. The summed E-state index contributed by atoms with van der Waals surface area (Å²) in [5.74, 6) is 2.74. The lowest BCUT2D eigenvalue weighted by molar-refractivity contribution is 0.192. The molecular formula is C13H21N3O2. The summed E-state index contributed by atoms with van der Waals surface area (Å²) >= 11 is 0. The van der Waals surface area contributed by atoms with Crippen molar-refractivity contribution >= 4 is 0 Å². The van der Waals surface area contributed by atoms with Crippen molar-refractivity contribution in [3.8, 4) is 0 Å². The highest BCUT2D eigenvalue weighted by molar-refractivity contribution is 4.97. The first-order valence-electron chi connectivity index (χ1n) is 7.03. The van der Waals surface area contributed by atoms with Crippen molar-refractivity contribution < 1.29 is 9.26 Å². The number of hydrogen-bond acceptors (Lipinski definition) is 5. The Balaban J connectivity index is 1.50. The van der Waals surface area contributed by atoms with Crippen LogP contribution in [0.2, 0.25) is 0 Å². The number of nitrogens with zero attached hydrogens (tertiary/aromatic N) is 2. The highest BCUT2D eigenvalue weighted by Crippen LogP contribution is 2.23. The fraction of sp³-hybridized carbons (Fsp3) is 0.846. The number of piperidine rings is 1. The standard InChI is InChI=1S/C13H21N3O2/c1-2-10(8-14-6-1)3-4-12-15-13(16-18-12)11-5-7-17-9-11/h10-11,14H,1-9H2. The van der Waals surface area contributed by atoms with Gasteiger partial charge >= 0.3 is 0 Å². The van der Waals surface area contributed by atoms with Crippen LogP contribution in [-0.4, -0.2) is 36.4 Å². The Kier molecular flexibility index (Phi) is 3.90. The van der Waals surface area contributed by atoms with Crippen molar-refractivity contribution in [1.29, 1.82) is 0 Å². The summed E-state index contributed by atoms with van der Waals surface area (Å²) in [7, 11) is 0. The van der Waals surface area contributed by atoms with Crippen LogP contribution in [0.3, 0.4) is 0 Å². The molecule has 0 spiro atoms. The maximum atomic E-state index is 5.35. The minimum atomic E-state index is 0.346. The first kappa shape index (κ1) is 12.1. The number of rotatable bonds is 4. The molecule has 5 heteroatoms. The molecule has 2 atom stereocenters. The highest BCUT2D eigenvalue weighted by Gasteiger charge is 2.23. The van der Waals surface area contributed by atoms with E-state index in [1.54, 1.807) is 0 Å². The number of aromatic nitrogens is 2. The second-order valence-electron chi connectivity index (χ2n) is 5.36. The van der Waals surface area contributed by atoms with Gasteiger partial charge in [0.1, 0.15) is 0 Å². The molecule has 2 saturated heterocycles. The Morgan fingerprint density at radius 2 is 2.33 bits per heavy atom. The third-order valence-electron chi connectivity index (χ3n) is 3.94. The van der Waals surface area contributed by atoms with Gasteiger partial charge in [0.05, 0.1) is 6.61 Å². The zero-order chi connectivity index (χ0) is 12.2. The molecular weight excluding hydrogens is 230 g/mol. The topological polar surface area (TPSA) is 60.2 Å². The lowest BCUT2D eigenvalue weighted by Crippen LogP contribution is -2.29. The molecule has 2 fully saturated rings. The van der Waals surface area contributed by atoms with Crippen LogP contribution >= 0.6 is 0 Å². The molecule has 2 aliphatic heterocycles. The van der Waals surface area contributed by atoms with Gasteiger partial charge in [0.25, 0.3) is 0 Å². The minimum Gasteiger partial charge on any atom is -0.381 e. The van der Waals surface area contributed by atoms with Gasteiger partial charge in [0.15, 0.2) is 5.82 Å². The fourth-order valence-electron chi connectivity index (χ4n) is 2.77. The van der Waals surface area contributed by atoms with Crippen molar-refractivity contribution in [3.63, 3.8) is 0 Å². The molecule has 1 aromatic heterocycles. The molecule has 100 valence electrons. The van der Waals surface area contributed by atoms with E-state index in [1.165, 1.54) is 19.4 Å². The van der Waals surface area contributed by atoms with Gasteiger partial charge in [0.2, 0.25) is 5.89 Å². The average molecular weight is 251 g/mol. The summed E-state index contributed by atoms with van der Waals surface area (Å²) in [5.41, 5.74) is 0. The number of aryl methyl sites for hydroxylation is 1. The van der Waals surface area contributed by atoms with Crippen molar-refractivity contribution in [2.75, 3.05) is 26.3 Å². The molecule has 1 N–H and O–H groups in total. The Hall–Kier alpha value is -0.940. The molecule has 0 aromatic carbocycles. The molecule has 1 aromatic rings. The van der Waals surface area contributed by atoms with E-state index in [0.717, 1.165) is 56.7 Å². The monoisotopic (exact) mass is 251 g/mol. The number of nitrogens with one attached hydrogen (secondary N) is 1. The summed E-state index contributed by atoms with van der Waals surface area (Å²) < 4.78 is 10.7. The largest absolute Gasteiger partial charge is 0.381 e. The van der Waals surface area contributed by atoms with Gasteiger partial charge < -0.3 is 14.6 Å². The van der Waals surface area contributed by atoms with Gasteiger partial charge in [-0.1, -0.05) is 5.16 Å². The first-order chi connectivity index (χ1) is 8.92. The van der Waals surface area contributed by atoms with E-state index in [-0.39, 0.29) is 0 Å². The molecule has 0 radical (unpaired) electrons. The van der Waals surface area contributed by atoms with Crippen LogP contribution in [0.1, 0.15) is 43.3 Å². The lowest BCUT2D eigenvalue weighted by atomic mass is 9.95. The average Bonchev–Trinajstić information content (AvgIpc) is 3.08. The van der Waals surface area contributed by atoms with E-state index in [2.05, 4.69) is 15.5 Å². The highest BCUT2D eigenvalue weighted by atomic mass is 16.5. The Bertz CT molecular complexity index is 368. The normalized spacial score (nSPS) is 28.7. The molecule has 3 rings (SSSR count). The van der Waals surface area contributed by atoms with Crippen LogP contribution in [0, 0.1) is 5.92 Å². The number of hydrogen-bond donors (Lipinski definition) is 1. The molecule has 3 heterocycles. The van der Waals surface area contributed by atoms with E-state index in [9.17, 15) is 0 Å². The molecule has 18 heavy (non-hydrogen) atoms. The van der Waals surface area contributed by atoms with Gasteiger partial charge in [-0.25, -0.2) is 0 Å². The quantitative estimate of drug-likeness (QED) is 0.879. The third kappa shape index (κ3) is 2.90. The Morgan fingerprint density at radius 1 is 1.33 bits per heavy atom. The van der Waals surface area contributed by atoms with E-state index in [4.69, 9.17) is 9.26 Å². The second-order valence-corrected chi connectivity index (χ2v) is 5.36. The SMILES string of the molecule is C1CNCC(CCc2nc(C3CCOC3)no2)C1. The van der Waals surface area contributed by atoms with Crippen LogP contribution in [0.25, 0.3) is 0 Å². The summed E-state index contributed by atoms with van der Waals surface area (Å²) in [6.07, 6.45) is 5.69. The van der Waals surface area contributed by atoms with Crippen LogP contribution in [0.15, 0.2) is 4.52 Å². The zero-order valence-electron chi connectivity index (χ0n) is 10.7. The van der Waals surface area contributed by atoms with Crippen molar-refractivity contribution in [3.05, 3.63) is 11.7 Å². The molecule has 0 aliphatic carbocycles. The van der Waals surface area contributed by atoms with E-state index < -0.39 is 0 Å². The Morgan fingerprint density at radius 3 is 3.11 bits per heavy atom. The molecule has 5 nitrogen and oxygen atoms in total. The fourth-order valence-corrected chi connectivity index (χ4v) is 2.77. The zero-order valence-corrected chi connectivity index (χ0v) is 10.7. The summed E-state index contributed by atoms with van der Waals surface area (Å²) in [6.45, 7) is 3.87. The van der Waals surface area contributed by atoms with Gasteiger partial charge in [0, 0.05) is 18.9 Å². The summed E-state index contributed by atoms with van der Waals surface area (Å²) in [5, 5.41) is 7.52. The summed E-state index contributed by atoms with van der Waals surface area (Å²) in [6, 6.07) is 0. The second kappa shape index (κ2) is 5.80. The van der Waals surface area contributed by atoms with Crippen LogP contribution in [-0.2, 0) is 11.2 Å². The number of ether oxygens (including phenoxy) is 1. The van der Waals surface area contributed by atoms with E-state index in [1.807, 2.05) is 0 Å². The van der Waals surface area contributed by atoms with Gasteiger partial charge in [-0.3, -0.25) is 0 Å². The molecule has 0 bridgehead atoms. The van der Waals surface area contributed by atoms with Gasteiger partial charge in [-0.05, 0) is 44.7 Å². The van der Waals surface area contributed by atoms with Crippen LogP contribution in [0.5, 0.6) is 0 Å². The van der Waals surface area contributed by atoms with Gasteiger partial charge in [-0.15, -0.1) is 0 Å².